The van der Waals surface area contributed by atoms with E-state index in [1.807, 2.05) is 12.1 Å². The number of carboxylic acids is 1. The van der Waals surface area contributed by atoms with E-state index in [4.69, 9.17) is 5.11 Å². The minimum Gasteiger partial charge on any atom is -0.481 e. The number of rotatable bonds is 7. The number of aromatic nitrogens is 1. The summed E-state index contributed by atoms with van der Waals surface area (Å²) in [6.45, 7) is 5.70. The van der Waals surface area contributed by atoms with Crippen molar-refractivity contribution in [3.05, 3.63) is 83.7 Å². The highest BCUT2D eigenvalue weighted by atomic mass is 19.4. The lowest BCUT2D eigenvalue weighted by molar-refractivity contribution is -0.138. The Bertz CT molecular complexity index is 1130. The maximum Gasteiger partial charge on any atom is 0.416 e. The number of allylic oxidation sites excluding steroid dienone is 1. The first-order chi connectivity index (χ1) is 14.6. The fraction of sp³-hybridized carbons (Fsp3) is 0.217. The zero-order valence-electron chi connectivity index (χ0n) is 16.7. The lowest BCUT2D eigenvalue weighted by Gasteiger charge is -2.15. The quantitative estimate of drug-likeness (QED) is 0.550. The van der Waals surface area contributed by atoms with Crippen LogP contribution in [0.3, 0.4) is 0 Å². The number of fused-ring (bicyclic) bond motifs is 1. The Hall–Kier alpha value is -3.55. The van der Waals surface area contributed by atoms with Gasteiger partial charge in [-0.1, -0.05) is 37.8 Å². The van der Waals surface area contributed by atoms with Crippen molar-refractivity contribution in [2.75, 3.05) is 0 Å². The Labute approximate surface area is 176 Å². The summed E-state index contributed by atoms with van der Waals surface area (Å²) in [5.74, 6) is -1.87. The topological polar surface area (TPSA) is 71.3 Å². The van der Waals surface area contributed by atoms with Crippen molar-refractivity contribution in [3.8, 4) is 0 Å². The van der Waals surface area contributed by atoms with Gasteiger partial charge in [-0.15, -0.1) is 0 Å². The van der Waals surface area contributed by atoms with Gasteiger partial charge in [-0.05, 0) is 29.8 Å². The molecule has 0 saturated carbocycles. The molecule has 1 atom stereocenters. The smallest absolute Gasteiger partial charge is 0.416 e. The molecule has 0 radical (unpaired) electrons. The van der Waals surface area contributed by atoms with E-state index in [0.717, 1.165) is 17.5 Å². The predicted molar refractivity (Wildman–Crippen MR) is 111 cm³/mol. The lowest BCUT2D eigenvalue weighted by atomic mass is 10.0. The third-order valence-electron chi connectivity index (χ3n) is 5.02. The van der Waals surface area contributed by atoms with Crippen molar-refractivity contribution in [2.45, 2.75) is 26.1 Å². The average molecular weight is 430 g/mol. The van der Waals surface area contributed by atoms with E-state index in [1.165, 1.54) is 12.1 Å². The number of amides is 1. The Morgan fingerprint density at radius 3 is 2.42 bits per heavy atom. The fourth-order valence-corrected chi connectivity index (χ4v) is 3.29. The van der Waals surface area contributed by atoms with Crippen LogP contribution in [0.1, 0.15) is 34.8 Å². The SMILES string of the molecule is C=C(NC(=O)c1cccc2ccn(Cc3ccc(C(F)(F)F)cc3)c12)[C@@H](C)CC(=O)O. The van der Waals surface area contributed by atoms with Crippen LogP contribution in [0.5, 0.6) is 0 Å². The van der Waals surface area contributed by atoms with Gasteiger partial charge in [-0.2, -0.15) is 13.2 Å². The molecule has 3 rings (SSSR count). The third-order valence-corrected chi connectivity index (χ3v) is 5.02. The number of alkyl halides is 3. The number of carbonyl (C=O) groups is 2. The number of para-hydroxylation sites is 1. The summed E-state index contributed by atoms with van der Waals surface area (Å²) in [6.07, 6.45) is -2.79. The van der Waals surface area contributed by atoms with Crippen LogP contribution in [0.2, 0.25) is 0 Å². The molecule has 31 heavy (non-hydrogen) atoms. The molecule has 162 valence electrons. The van der Waals surface area contributed by atoms with E-state index >= 15 is 0 Å². The van der Waals surface area contributed by atoms with Crippen molar-refractivity contribution in [3.63, 3.8) is 0 Å². The summed E-state index contributed by atoms with van der Waals surface area (Å²) in [6, 6.07) is 11.9. The van der Waals surface area contributed by atoms with Crippen LogP contribution >= 0.6 is 0 Å². The standard InChI is InChI=1S/C23H21F3N2O3/c1-14(12-20(29)30)15(2)27-22(31)19-5-3-4-17-10-11-28(21(17)19)13-16-6-8-18(9-7-16)23(24,25)26/h3-11,14H,2,12-13H2,1H3,(H,27,31)(H,29,30)/t14-/m0/s1. The molecule has 0 aliphatic carbocycles. The van der Waals surface area contributed by atoms with Gasteiger partial charge in [0.2, 0.25) is 0 Å². The Balaban J connectivity index is 1.86. The van der Waals surface area contributed by atoms with Crippen LogP contribution in [0, 0.1) is 5.92 Å². The number of carbonyl (C=O) groups excluding carboxylic acids is 1. The van der Waals surface area contributed by atoms with E-state index in [1.54, 1.807) is 29.8 Å². The predicted octanol–water partition coefficient (Wildman–Crippen LogP) is 5.06. The van der Waals surface area contributed by atoms with Crippen LogP contribution in [-0.2, 0) is 17.5 Å². The number of hydrogen-bond acceptors (Lipinski definition) is 2. The van der Waals surface area contributed by atoms with E-state index in [-0.39, 0.29) is 13.0 Å². The summed E-state index contributed by atoms with van der Waals surface area (Å²) in [4.78, 5) is 23.7. The molecule has 5 nitrogen and oxygen atoms in total. The summed E-state index contributed by atoms with van der Waals surface area (Å²) in [7, 11) is 0. The minimum atomic E-state index is -4.40. The molecular weight excluding hydrogens is 409 g/mol. The second kappa shape index (κ2) is 8.67. The molecule has 1 aromatic heterocycles. The molecule has 0 spiro atoms. The highest BCUT2D eigenvalue weighted by molar-refractivity contribution is 6.06. The molecule has 2 N–H and O–H groups in total. The minimum absolute atomic E-state index is 0.159. The summed E-state index contributed by atoms with van der Waals surface area (Å²) >= 11 is 0. The van der Waals surface area contributed by atoms with E-state index in [2.05, 4.69) is 11.9 Å². The number of nitrogens with zero attached hydrogens (tertiary/aromatic N) is 1. The largest absolute Gasteiger partial charge is 0.481 e. The number of hydrogen-bond donors (Lipinski definition) is 2. The van der Waals surface area contributed by atoms with Gasteiger partial charge in [0.05, 0.1) is 23.1 Å². The van der Waals surface area contributed by atoms with E-state index in [0.29, 0.717) is 22.3 Å². The van der Waals surface area contributed by atoms with Crippen molar-refractivity contribution >= 4 is 22.8 Å². The van der Waals surface area contributed by atoms with Crippen molar-refractivity contribution in [1.82, 2.24) is 9.88 Å². The zero-order valence-corrected chi connectivity index (χ0v) is 16.7. The van der Waals surface area contributed by atoms with Gasteiger partial charge < -0.3 is 15.0 Å². The van der Waals surface area contributed by atoms with Gasteiger partial charge in [0, 0.05) is 29.7 Å². The van der Waals surface area contributed by atoms with E-state index < -0.39 is 29.5 Å². The van der Waals surface area contributed by atoms with Gasteiger partial charge >= 0.3 is 12.1 Å². The van der Waals surface area contributed by atoms with Crippen molar-refractivity contribution in [2.24, 2.45) is 5.92 Å². The first-order valence-electron chi connectivity index (χ1n) is 9.52. The molecule has 0 aliphatic rings. The number of aliphatic carboxylic acids is 1. The summed E-state index contributed by atoms with van der Waals surface area (Å²) < 4.78 is 40.2. The monoisotopic (exact) mass is 430 g/mol. The average Bonchev–Trinajstić information content (AvgIpc) is 3.10. The molecule has 0 fully saturated rings. The molecule has 0 aliphatic heterocycles. The van der Waals surface area contributed by atoms with Crippen LogP contribution in [0.15, 0.2) is 67.0 Å². The Morgan fingerprint density at radius 2 is 1.81 bits per heavy atom. The molecule has 3 aromatic rings. The second-order valence-corrected chi connectivity index (χ2v) is 7.36. The molecule has 1 heterocycles. The molecule has 0 bridgehead atoms. The Kier molecular flexibility index (Phi) is 6.19. The molecule has 0 unspecified atom stereocenters. The molecule has 1 amide bonds. The fourth-order valence-electron chi connectivity index (χ4n) is 3.29. The van der Waals surface area contributed by atoms with Crippen LogP contribution in [-0.4, -0.2) is 21.6 Å². The first kappa shape index (κ1) is 22.1. The van der Waals surface area contributed by atoms with E-state index in [9.17, 15) is 22.8 Å². The van der Waals surface area contributed by atoms with Gasteiger partial charge in [0.1, 0.15) is 0 Å². The molecule has 8 heteroatoms. The maximum absolute atomic E-state index is 12.9. The molecular formula is C23H21F3N2O3. The Morgan fingerprint density at radius 1 is 1.13 bits per heavy atom. The van der Waals surface area contributed by atoms with Gasteiger partial charge in [-0.25, -0.2) is 0 Å². The number of halogens is 3. The summed E-state index contributed by atoms with van der Waals surface area (Å²) in [5, 5.41) is 12.4. The maximum atomic E-state index is 12.9. The van der Waals surface area contributed by atoms with Crippen molar-refractivity contribution < 1.29 is 27.9 Å². The summed E-state index contributed by atoms with van der Waals surface area (Å²) in [5.41, 5.74) is 1.21. The van der Waals surface area contributed by atoms with Crippen LogP contribution in [0.4, 0.5) is 13.2 Å². The van der Waals surface area contributed by atoms with Gasteiger partial charge in [0.15, 0.2) is 0 Å². The number of benzene rings is 2. The highest BCUT2D eigenvalue weighted by Crippen LogP contribution is 2.29. The third kappa shape index (κ3) is 5.14. The first-order valence-corrected chi connectivity index (χ1v) is 9.52. The number of nitrogens with one attached hydrogen (secondary N) is 1. The van der Waals surface area contributed by atoms with Crippen molar-refractivity contribution in [1.29, 1.82) is 0 Å². The second-order valence-electron chi connectivity index (χ2n) is 7.36. The van der Waals surface area contributed by atoms with Crippen LogP contribution < -0.4 is 5.32 Å². The van der Waals surface area contributed by atoms with Crippen LogP contribution in [0.25, 0.3) is 10.9 Å². The van der Waals surface area contributed by atoms with Gasteiger partial charge in [-0.3, -0.25) is 9.59 Å². The normalized spacial score (nSPS) is 12.5. The highest BCUT2D eigenvalue weighted by Gasteiger charge is 2.30. The number of carboxylic acid groups (broad SMARTS) is 1. The zero-order chi connectivity index (χ0) is 22.8. The molecule has 0 saturated heterocycles. The lowest BCUT2D eigenvalue weighted by Crippen LogP contribution is -2.27. The van der Waals surface area contributed by atoms with Gasteiger partial charge in [0.25, 0.3) is 5.91 Å². The molecule has 2 aromatic carbocycles.